The van der Waals surface area contributed by atoms with Crippen molar-refractivity contribution in [2.24, 2.45) is 0 Å². The van der Waals surface area contributed by atoms with E-state index in [9.17, 15) is 14.7 Å². The van der Waals surface area contributed by atoms with Gasteiger partial charge in [-0.2, -0.15) is 0 Å². The third-order valence-corrected chi connectivity index (χ3v) is 4.13. The van der Waals surface area contributed by atoms with Crippen LogP contribution in [0, 0.1) is 0 Å². The molecule has 0 fully saturated rings. The molecule has 1 aromatic heterocycles. The number of pyridine rings is 1. The molecule has 5 heteroatoms. The van der Waals surface area contributed by atoms with Crippen molar-refractivity contribution >= 4 is 34.6 Å². The summed E-state index contributed by atoms with van der Waals surface area (Å²) in [6.07, 6.45) is 7.42. The number of ether oxygens (including phenoxy) is 1. The SMILES string of the molecule is COc1ccc(/C=C/C(=O)CC(=O)/C=C/c2cccc3cccnc23)cc1O. The normalized spacial score (nSPS) is 11.3. The lowest BCUT2D eigenvalue weighted by atomic mass is 10.1. The van der Waals surface area contributed by atoms with Crippen molar-refractivity contribution in [3.8, 4) is 11.5 Å². The van der Waals surface area contributed by atoms with E-state index in [2.05, 4.69) is 4.98 Å². The van der Waals surface area contributed by atoms with Crippen LogP contribution in [0.15, 0.2) is 66.9 Å². The molecule has 0 unspecified atom stereocenters. The molecule has 0 aliphatic rings. The lowest BCUT2D eigenvalue weighted by Crippen LogP contribution is -2.02. The first-order valence-corrected chi connectivity index (χ1v) is 8.69. The Morgan fingerprint density at radius 2 is 1.79 bits per heavy atom. The number of nitrogens with zero attached hydrogens (tertiary/aromatic N) is 1. The van der Waals surface area contributed by atoms with Crippen molar-refractivity contribution in [3.05, 3.63) is 78.0 Å². The number of benzene rings is 2. The number of aromatic hydroxyl groups is 1. The maximum absolute atomic E-state index is 12.1. The molecule has 0 spiro atoms. The van der Waals surface area contributed by atoms with Crippen molar-refractivity contribution in [1.82, 2.24) is 4.98 Å². The van der Waals surface area contributed by atoms with E-state index >= 15 is 0 Å². The van der Waals surface area contributed by atoms with Gasteiger partial charge in [-0.3, -0.25) is 14.6 Å². The third-order valence-electron chi connectivity index (χ3n) is 4.13. The molecule has 0 amide bonds. The smallest absolute Gasteiger partial charge is 0.163 e. The van der Waals surface area contributed by atoms with Crippen molar-refractivity contribution in [1.29, 1.82) is 0 Å². The number of phenolic OH excluding ortho intramolecular Hbond substituents is 1. The Morgan fingerprint density at radius 1 is 1.04 bits per heavy atom. The van der Waals surface area contributed by atoms with Gasteiger partial charge in [0, 0.05) is 17.1 Å². The number of ketones is 2. The van der Waals surface area contributed by atoms with Gasteiger partial charge in [0.15, 0.2) is 23.1 Å². The van der Waals surface area contributed by atoms with Gasteiger partial charge in [0.1, 0.15) is 0 Å². The van der Waals surface area contributed by atoms with E-state index in [4.69, 9.17) is 4.74 Å². The third kappa shape index (κ3) is 4.71. The standard InChI is InChI=1S/C23H19NO4/c1-28-22-12-8-16(14-21(22)27)7-10-19(25)15-20(26)11-9-18-5-2-4-17-6-3-13-24-23(17)18/h2-14,27H,15H2,1H3/b10-7+,11-9+. The summed E-state index contributed by atoms with van der Waals surface area (Å²) in [6, 6.07) is 14.3. The second kappa shape index (κ2) is 8.77. The van der Waals surface area contributed by atoms with Crippen LogP contribution in [-0.2, 0) is 9.59 Å². The molecule has 0 atom stereocenters. The summed E-state index contributed by atoms with van der Waals surface area (Å²) in [5.74, 6) is -0.271. The van der Waals surface area contributed by atoms with Crippen molar-refractivity contribution in [3.63, 3.8) is 0 Å². The minimum Gasteiger partial charge on any atom is -0.504 e. The number of carbonyl (C=O) groups excluding carboxylic acids is 2. The maximum atomic E-state index is 12.1. The molecular weight excluding hydrogens is 354 g/mol. The molecule has 0 saturated heterocycles. The highest BCUT2D eigenvalue weighted by Gasteiger charge is 2.05. The highest BCUT2D eigenvalue weighted by molar-refractivity contribution is 6.11. The molecule has 3 rings (SSSR count). The summed E-state index contributed by atoms with van der Waals surface area (Å²) in [7, 11) is 1.46. The molecule has 140 valence electrons. The first-order valence-electron chi connectivity index (χ1n) is 8.69. The number of phenols is 1. The van der Waals surface area contributed by atoms with Gasteiger partial charge in [0.05, 0.1) is 19.0 Å². The minimum atomic E-state index is -0.319. The van der Waals surface area contributed by atoms with Crippen molar-refractivity contribution in [2.75, 3.05) is 7.11 Å². The Bertz CT molecular complexity index is 1080. The molecule has 0 radical (unpaired) electrons. The fraction of sp³-hybridized carbons (Fsp3) is 0.0870. The summed E-state index contributed by atoms with van der Waals surface area (Å²) in [6.45, 7) is 0. The van der Waals surface area contributed by atoms with E-state index in [1.54, 1.807) is 30.5 Å². The monoisotopic (exact) mass is 373 g/mol. The predicted octanol–water partition coefficient (Wildman–Crippen LogP) is 4.20. The fourth-order valence-corrected chi connectivity index (χ4v) is 2.73. The molecule has 0 saturated carbocycles. The lowest BCUT2D eigenvalue weighted by Gasteiger charge is -2.03. The second-order valence-corrected chi connectivity index (χ2v) is 6.13. The van der Waals surface area contributed by atoms with Crippen molar-refractivity contribution < 1.29 is 19.4 Å². The molecule has 3 aromatic rings. The highest BCUT2D eigenvalue weighted by atomic mass is 16.5. The van der Waals surface area contributed by atoms with Crippen LogP contribution in [0.4, 0.5) is 0 Å². The van der Waals surface area contributed by atoms with Gasteiger partial charge in [-0.1, -0.05) is 36.4 Å². The number of aromatic nitrogens is 1. The van der Waals surface area contributed by atoms with Crippen LogP contribution >= 0.6 is 0 Å². The van der Waals surface area contributed by atoms with Crippen molar-refractivity contribution in [2.45, 2.75) is 6.42 Å². The van der Waals surface area contributed by atoms with E-state index in [0.717, 1.165) is 16.5 Å². The highest BCUT2D eigenvalue weighted by Crippen LogP contribution is 2.26. The summed E-state index contributed by atoms with van der Waals surface area (Å²) in [4.78, 5) is 28.4. The Hall–Kier alpha value is -3.73. The second-order valence-electron chi connectivity index (χ2n) is 6.13. The van der Waals surface area contributed by atoms with E-state index in [1.165, 1.54) is 25.3 Å². The Balaban J connectivity index is 1.63. The minimum absolute atomic E-state index is 0.0141. The zero-order valence-corrected chi connectivity index (χ0v) is 15.3. The topological polar surface area (TPSA) is 76.5 Å². The van der Waals surface area contributed by atoms with Crippen LogP contribution in [0.1, 0.15) is 17.5 Å². The van der Waals surface area contributed by atoms with Crippen LogP contribution < -0.4 is 4.74 Å². The molecule has 1 N–H and O–H groups in total. The van der Waals surface area contributed by atoms with Crippen LogP contribution in [0.3, 0.4) is 0 Å². The van der Waals surface area contributed by atoms with E-state index < -0.39 is 0 Å². The zero-order chi connectivity index (χ0) is 19.9. The Morgan fingerprint density at radius 3 is 2.54 bits per heavy atom. The first kappa shape index (κ1) is 19.0. The average molecular weight is 373 g/mol. The number of methoxy groups -OCH3 is 1. The van der Waals surface area contributed by atoms with Gasteiger partial charge in [0.25, 0.3) is 0 Å². The summed E-state index contributed by atoms with van der Waals surface area (Å²) in [5, 5.41) is 10.7. The molecule has 1 heterocycles. The van der Waals surface area contributed by atoms with Crippen LogP contribution in [0.5, 0.6) is 11.5 Å². The number of rotatable bonds is 7. The summed E-state index contributed by atoms with van der Waals surface area (Å²) < 4.78 is 4.97. The van der Waals surface area contributed by atoms with E-state index in [-0.39, 0.29) is 23.7 Å². The quantitative estimate of drug-likeness (QED) is 0.496. The molecule has 0 bridgehead atoms. The largest absolute Gasteiger partial charge is 0.504 e. The fourth-order valence-electron chi connectivity index (χ4n) is 2.73. The van der Waals surface area contributed by atoms with Gasteiger partial charge in [-0.25, -0.2) is 0 Å². The maximum Gasteiger partial charge on any atom is 0.163 e. The van der Waals surface area contributed by atoms with Gasteiger partial charge < -0.3 is 9.84 Å². The Kier molecular flexibility index (Phi) is 5.97. The molecule has 2 aromatic carbocycles. The van der Waals surface area contributed by atoms with Crippen LogP contribution in [-0.4, -0.2) is 28.8 Å². The van der Waals surface area contributed by atoms with Gasteiger partial charge >= 0.3 is 0 Å². The average Bonchev–Trinajstić information content (AvgIpc) is 2.70. The number of hydrogen-bond donors (Lipinski definition) is 1. The van der Waals surface area contributed by atoms with E-state index in [1.807, 2.05) is 30.3 Å². The summed E-state index contributed by atoms with van der Waals surface area (Å²) in [5.41, 5.74) is 2.26. The number of hydrogen-bond acceptors (Lipinski definition) is 5. The van der Waals surface area contributed by atoms with Gasteiger partial charge in [0.2, 0.25) is 0 Å². The molecule has 0 aliphatic heterocycles. The van der Waals surface area contributed by atoms with Gasteiger partial charge in [-0.15, -0.1) is 0 Å². The Labute approximate surface area is 162 Å². The number of allylic oxidation sites excluding steroid dienone is 2. The number of fused-ring (bicyclic) bond motifs is 1. The zero-order valence-electron chi connectivity index (χ0n) is 15.3. The van der Waals surface area contributed by atoms with Crippen LogP contribution in [0.25, 0.3) is 23.1 Å². The molecule has 5 nitrogen and oxygen atoms in total. The number of para-hydroxylation sites is 1. The van der Waals surface area contributed by atoms with Gasteiger partial charge in [-0.05, 0) is 42.0 Å². The van der Waals surface area contributed by atoms with Crippen LogP contribution in [0.2, 0.25) is 0 Å². The lowest BCUT2D eigenvalue weighted by molar-refractivity contribution is -0.121. The first-order chi connectivity index (χ1) is 13.6. The predicted molar refractivity (Wildman–Crippen MR) is 109 cm³/mol. The molecule has 28 heavy (non-hydrogen) atoms. The summed E-state index contributed by atoms with van der Waals surface area (Å²) >= 11 is 0. The molecular formula is C23H19NO4. The number of carbonyl (C=O) groups is 2. The van der Waals surface area contributed by atoms with E-state index in [0.29, 0.717) is 11.3 Å². The molecule has 0 aliphatic carbocycles.